The highest BCUT2D eigenvalue weighted by atomic mass is 16.6. The lowest BCUT2D eigenvalue weighted by Gasteiger charge is -2.26. The number of aliphatic hydroxyl groups is 1. The molecule has 1 rings (SSSR count). The molecule has 0 aromatic rings. The van der Waals surface area contributed by atoms with Crippen molar-refractivity contribution in [3.63, 3.8) is 0 Å². The molecule has 1 heterocycles. The van der Waals surface area contributed by atoms with Crippen LogP contribution in [-0.2, 0) is 23.7 Å². The highest BCUT2D eigenvalue weighted by molar-refractivity contribution is 6.11. The molecule has 0 aromatic carbocycles. The molecule has 2 N–H and O–H groups in total. The molecule has 0 aliphatic carbocycles. The third-order valence-electron chi connectivity index (χ3n) is 7.92. The smallest absolute Gasteiger partial charge is 0.220 e. The fraction of sp³-hybridized carbons (Fsp3) is 0.970. The molecule has 1 saturated heterocycles. The van der Waals surface area contributed by atoms with Gasteiger partial charge in [-0.1, -0.05) is 84.0 Å². The van der Waals surface area contributed by atoms with Crippen LogP contribution < -0.4 is 5.32 Å². The topological polar surface area (TPSA) is 86.2 Å². The van der Waals surface area contributed by atoms with Crippen LogP contribution in [-0.4, -0.2) is 81.2 Å². The summed E-state index contributed by atoms with van der Waals surface area (Å²) < 4.78 is 24.3. The number of rotatable bonds is 27. The van der Waals surface area contributed by atoms with E-state index >= 15 is 0 Å². The van der Waals surface area contributed by atoms with E-state index in [2.05, 4.69) is 12.2 Å². The van der Waals surface area contributed by atoms with E-state index in [0.717, 1.165) is 32.1 Å². The van der Waals surface area contributed by atoms with Gasteiger partial charge < -0.3 is 29.4 Å². The molecule has 1 aliphatic rings. The molecule has 1 aliphatic heterocycles. The first-order valence-electron chi connectivity index (χ1n) is 17.2. The van der Waals surface area contributed by atoms with Crippen LogP contribution in [0.5, 0.6) is 0 Å². The zero-order chi connectivity index (χ0) is 30.3. The third-order valence-corrected chi connectivity index (χ3v) is 7.92. The quantitative estimate of drug-likeness (QED) is 0.0901. The van der Waals surface area contributed by atoms with Crippen molar-refractivity contribution in [3.05, 3.63) is 0 Å². The van der Waals surface area contributed by atoms with Crippen molar-refractivity contribution in [2.45, 2.75) is 186 Å². The van der Waals surface area contributed by atoms with Gasteiger partial charge in [0, 0.05) is 13.0 Å². The van der Waals surface area contributed by atoms with E-state index in [-0.39, 0.29) is 55.1 Å². The summed E-state index contributed by atoms with van der Waals surface area (Å²) in [5, 5.41) is 12.8. The highest BCUT2D eigenvalue weighted by Gasteiger charge is 2.44. The average molecular weight is 584 g/mol. The molecule has 0 radical (unpaired) electrons. The Balaban J connectivity index is 2.13. The Labute approximate surface area is 254 Å². The van der Waals surface area contributed by atoms with Crippen LogP contribution in [0.1, 0.15) is 144 Å². The number of hydrogen-bond donors (Lipinski definition) is 2. The summed E-state index contributed by atoms with van der Waals surface area (Å²) in [4.78, 5) is 12.4. The van der Waals surface area contributed by atoms with Gasteiger partial charge in [0.25, 0.3) is 0 Å². The number of amides is 1. The zero-order valence-corrected chi connectivity index (χ0v) is 27.7. The first kappa shape index (κ1) is 38.4. The van der Waals surface area contributed by atoms with Crippen molar-refractivity contribution in [3.8, 4) is 0 Å². The number of carbonyl (C=O) groups is 1. The second-order valence-electron chi connectivity index (χ2n) is 12.7. The van der Waals surface area contributed by atoms with Crippen LogP contribution in [0, 0.1) is 0 Å². The van der Waals surface area contributed by atoms with Crippen LogP contribution in [0.4, 0.5) is 0 Å². The summed E-state index contributed by atoms with van der Waals surface area (Å²) in [6, 6.07) is -0.248. The standard InChI is InChI=1S/C33H66BNO6/c1-6-7-8-9-10-11-12-13-14-15-16-17-18-22-30(37)35-28(24-36)21-19-20-23-38-32-31(40-27(4)5)29(41-33(32)34)25-39-26(2)3/h26-29,31-33,36H,6-25,34H2,1-5H3,(H,35,37)/t28?,29-,31?,32+,33-/m1/s1. The lowest BCUT2D eigenvalue weighted by molar-refractivity contribution is -0.122. The van der Waals surface area contributed by atoms with Gasteiger partial charge in [0.05, 0.1) is 37.5 Å². The van der Waals surface area contributed by atoms with Crippen molar-refractivity contribution in [2.75, 3.05) is 19.8 Å². The van der Waals surface area contributed by atoms with E-state index in [1.54, 1.807) is 0 Å². The normalized spacial score (nSPS) is 21.7. The lowest BCUT2D eigenvalue weighted by atomic mass is 9.92. The largest absolute Gasteiger partial charge is 0.394 e. The summed E-state index contributed by atoms with van der Waals surface area (Å²) in [7, 11) is 2.03. The molecular formula is C33H66BNO6. The van der Waals surface area contributed by atoms with Gasteiger partial charge in [0.1, 0.15) is 26.2 Å². The molecule has 0 spiro atoms. The summed E-state index contributed by atoms with van der Waals surface area (Å²) in [6.07, 6.45) is 19.7. The second-order valence-corrected chi connectivity index (χ2v) is 12.7. The molecule has 7 nitrogen and oxygen atoms in total. The maximum absolute atomic E-state index is 12.4. The number of hydrogen-bond acceptors (Lipinski definition) is 6. The second kappa shape index (κ2) is 24.7. The molecule has 2 unspecified atom stereocenters. The van der Waals surface area contributed by atoms with Gasteiger partial charge in [-0.2, -0.15) is 0 Å². The Morgan fingerprint density at radius 3 is 1.95 bits per heavy atom. The van der Waals surface area contributed by atoms with Gasteiger partial charge in [-0.15, -0.1) is 0 Å². The predicted molar refractivity (Wildman–Crippen MR) is 171 cm³/mol. The average Bonchev–Trinajstić information content (AvgIpc) is 3.22. The van der Waals surface area contributed by atoms with E-state index < -0.39 is 0 Å². The molecule has 5 atom stereocenters. The molecule has 1 amide bonds. The summed E-state index contributed by atoms with van der Waals surface area (Å²) in [5.41, 5.74) is 0. The van der Waals surface area contributed by atoms with E-state index in [0.29, 0.717) is 19.6 Å². The van der Waals surface area contributed by atoms with Gasteiger partial charge >= 0.3 is 0 Å². The minimum absolute atomic E-state index is 0.0272. The monoisotopic (exact) mass is 583 g/mol. The Morgan fingerprint density at radius 1 is 0.829 bits per heavy atom. The Hall–Kier alpha value is -0.665. The van der Waals surface area contributed by atoms with Crippen LogP contribution in [0.15, 0.2) is 0 Å². The maximum atomic E-state index is 12.4. The fourth-order valence-electron chi connectivity index (χ4n) is 5.56. The number of carbonyl (C=O) groups excluding carboxylic acids is 1. The van der Waals surface area contributed by atoms with Gasteiger partial charge in [-0.3, -0.25) is 4.79 Å². The third kappa shape index (κ3) is 19.3. The van der Waals surface area contributed by atoms with Gasteiger partial charge in [-0.05, 0) is 53.4 Å². The van der Waals surface area contributed by atoms with Crippen molar-refractivity contribution >= 4 is 13.8 Å². The van der Waals surface area contributed by atoms with Crippen molar-refractivity contribution in [2.24, 2.45) is 0 Å². The highest BCUT2D eigenvalue weighted by Crippen LogP contribution is 2.27. The van der Waals surface area contributed by atoms with Crippen molar-refractivity contribution < 1.29 is 28.8 Å². The predicted octanol–water partition coefficient (Wildman–Crippen LogP) is 6.08. The Morgan fingerprint density at radius 2 is 1.41 bits per heavy atom. The van der Waals surface area contributed by atoms with Gasteiger partial charge in [0.2, 0.25) is 5.91 Å². The first-order valence-corrected chi connectivity index (χ1v) is 17.2. The molecule has 242 valence electrons. The minimum Gasteiger partial charge on any atom is -0.394 e. The molecule has 1 fully saturated rings. The maximum Gasteiger partial charge on any atom is 0.220 e. The minimum atomic E-state index is -0.187. The number of nitrogens with one attached hydrogen (secondary N) is 1. The molecular weight excluding hydrogens is 517 g/mol. The lowest BCUT2D eigenvalue weighted by Crippen LogP contribution is -2.41. The van der Waals surface area contributed by atoms with Crippen LogP contribution in [0.2, 0.25) is 0 Å². The van der Waals surface area contributed by atoms with E-state index in [9.17, 15) is 9.90 Å². The molecule has 8 heteroatoms. The number of ether oxygens (including phenoxy) is 4. The molecule has 0 aromatic heterocycles. The molecule has 0 saturated carbocycles. The van der Waals surface area contributed by atoms with Gasteiger partial charge in [0.15, 0.2) is 0 Å². The number of aliphatic hydroxyl groups excluding tert-OH is 1. The van der Waals surface area contributed by atoms with Crippen molar-refractivity contribution in [1.82, 2.24) is 5.32 Å². The Bertz CT molecular complexity index is 623. The molecule has 0 bridgehead atoms. The van der Waals surface area contributed by atoms with Crippen LogP contribution in [0.25, 0.3) is 0 Å². The Kier molecular flexibility index (Phi) is 23.1. The van der Waals surface area contributed by atoms with Gasteiger partial charge in [-0.25, -0.2) is 0 Å². The molecule has 41 heavy (non-hydrogen) atoms. The van der Waals surface area contributed by atoms with E-state index in [1.807, 2.05) is 35.5 Å². The van der Waals surface area contributed by atoms with E-state index in [4.69, 9.17) is 18.9 Å². The van der Waals surface area contributed by atoms with Crippen molar-refractivity contribution in [1.29, 1.82) is 0 Å². The zero-order valence-electron chi connectivity index (χ0n) is 27.7. The first-order chi connectivity index (χ1) is 19.8. The summed E-state index contributed by atoms with van der Waals surface area (Å²) in [6.45, 7) is 11.4. The fourth-order valence-corrected chi connectivity index (χ4v) is 5.56. The van der Waals surface area contributed by atoms with Crippen LogP contribution in [0.3, 0.4) is 0 Å². The SMILES string of the molecule is B[C@@H]1O[C@H](COC(C)C)C(OC(C)C)[C@@H]1OCCCCC(CO)NC(=O)CCCCCCCCCCCCCCC. The summed E-state index contributed by atoms with van der Waals surface area (Å²) >= 11 is 0. The van der Waals surface area contributed by atoms with E-state index in [1.165, 1.54) is 70.6 Å². The summed E-state index contributed by atoms with van der Waals surface area (Å²) in [5.74, 6) is 0.0589. The number of unbranched alkanes of at least 4 members (excludes halogenated alkanes) is 13. The van der Waals surface area contributed by atoms with Crippen LogP contribution >= 0.6 is 0 Å².